The van der Waals surface area contributed by atoms with E-state index in [4.69, 9.17) is 5.73 Å². The summed E-state index contributed by atoms with van der Waals surface area (Å²) in [7, 11) is 0. The first kappa shape index (κ1) is 13.2. The van der Waals surface area contributed by atoms with Gasteiger partial charge in [0.2, 0.25) is 0 Å². The molecule has 1 saturated heterocycles. The molecule has 8 nitrogen and oxygen atoms in total. The predicted molar refractivity (Wildman–Crippen MR) is 66.9 cm³/mol. The molecule has 0 atom stereocenters. The van der Waals surface area contributed by atoms with Crippen molar-refractivity contribution in [3.63, 3.8) is 0 Å². The molecule has 1 aromatic rings. The topological polar surface area (TPSA) is 123 Å². The zero-order valence-corrected chi connectivity index (χ0v) is 10.4. The van der Waals surface area contributed by atoms with Crippen LogP contribution in [0.15, 0.2) is 12.3 Å². The van der Waals surface area contributed by atoms with Gasteiger partial charge in [0.05, 0.1) is 16.1 Å². The van der Waals surface area contributed by atoms with Crippen molar-refractivity contribution in [3.8, 4) is 0 Å². The summed E-state index contributed by atoms with van der Waals surface area (Å²) in [5.41, 5.74) is 4.12. The predicted octanol–water partition coefficient (Wildman–Crippen LogP) is 0.0498. The van der Waals surface area contributed by atoms with E-state index in [9.17, 15) is 20.0 Å². The molecule has 1 amide bonds. The Hall–Kier alpha value is -2.22. The highest BCUT2D eigenvalue weighted by Crippen LogP contribution is 2.31. The van der Waals surface area contributed by atoms with Gasteiger partial charge in [-0.05, 0) is 6.42 Å². The van der Waals surface area contributed by atoms with Gasteiger partial charge in [-0.1, -0.05) is 6.92 Å². The molecule has 2 rings (SSSR count). The van der Waals surface area contributed by atoms with Crippen LogP contribution in [0.2, 0.25) is 0 Å². The number of carbonyl (C=O) groups excluding carboxylic acids is 1. The molecular weight excluding hydrogens is 252 g/mol. The van der Waals surface area contributed by atoms with E-state index in [1.807, 2.05) is 6.92 Å². The molecule has 0 aliphatic carbocycles. The summed E-state index contributed by atoms with van der Waals surface area (Å²) in [6, 6.07) is 1.11. The van der Waals surface area contributed by atoms with Crippen LogP contribution in [0.4, 0.5) is 11.5 Å². The summed E-state index contributed by atoms with van der Waals surface area (Å²) < 4.78 is 0. The van der Waals surface area contributed by atoms with Gasteiger partial charge in [-0.25, -0.2) is 4.98 Å². The van der Waals surface area contributed by atoms with Gasteiger partial charge in [0, 0.05) is 19.2 Å². The zero-order chi connectivity index (χ0) is 14.2. The average Bonchev–Trinajstić information content (AvgIpc) is 2.34. The highest BCUT2D eigenvalue weighted by Gasteiger charge is 2.41. The molecule has 19 heavy (non-hydrogen) atoms. The SMILES string of the molecule is CCC1(O)CN(c2ncc([N+](=O)[O-])cc2C(N)=O)C1. The number of anilines is 1. The summed E-state index contributed by atoms with van der Waals surface area (Å²) in [5.74, 6) is -0.505. The number of primary amides is 1. The lowest BCUT2D eigenvalue weighted by Gasteiger charge is -2.47. The molecule has 8 heteroatoms. The summed E-state index contributed by atoms with van der Waals surface area (Å²) in [6.07, 6.45) is 1.66. The number of hydrogen-bond acceptors (Lipinski definition) is 6. The second-order valence-electron chi connectivity index (χ2n) is 4.62. The van der Waals surface area contributed by atoms with E-state index in [-0.39, 0.29) is 17.1 Å². The fourth-order valence-corrected chi connectivity index (χ4v) is 2.02. The molecule has 0 radical (unpaired) electrons. The Morgan fingerprint density at radius 2 is 2.32 bits per heavy atom. The van der Waals surface area contributed by atoms with Crippen molar-refractivity contribution in [1.29, 1.82) is 0 Å². The first-order chi connectivity index (χ1) is 8.86. The Morgan fingerprint density at radius 3 is 2.79 bits per heavy atom. The molecular formula is C11H14N4O4. The molecule has 2 heterocycles. The summed E-state index contributed by atoms with van der Waals surface area (Å²) in [4.78, 5) is 26.9. The first-order valence-corrected chi connectivity index (χ1v) is 5.78. The molecule has 3 N–H and O–H groups in total. The Kier molecular flexibility index (Phi) is 3.11. The number of nitrogens with two attached hydrogens (primary N) is 1. The number of nitro groups is 1. The second-order valence-corrected chi connectivity index (χ2v) is 4.62. The highest BCUT2D eigenvalue weighted by molar-refractivity contribution is 5.98. The van der Waals surface area contributed by atoms with Gasteiger partial charge in [-0.15, -0.1) is 0 Å². The number of nitrogens with zero attached hydrogens (tertiary/aromatic N) is 3. The molecule has 0 spiro atoms. The van der Waals surface area contributed by atoms with E-state index in [1.54, 1.807) is 4.90 Å². The van der Waals surface area contributed by atoms with Crippen LogP contribution < -0.4 is 10.6 Å². The van der Waals surface area contributed by atoms with E-state index in [2.05, 4.69) is 4.98 Å². The van der Waals surface area contributed by atoms with Crippen molar-refractivity contribution in [2.45, 2.75) is 18.9 Å². The van der Waals surface area contributed by atoms with Crippen LogP contribution in [0.5, 0.6) is 0 Å². The van der Waals surface area contributed by atoms with E-state index >= 15 is 0 Å². The molecule has 1 aliphatic heterocycles. The normalized spacial score (nSPS) is 16.8. The van der Waals surface area contributed by atoms with Gasteiger partial charge in [0.25, 0.3) is 11.6 Å². The third-order valence-corrected chi connectivity index (χ3v) is 3.26. The molecule has 1 fully saturated rings. The van der Waals surface area contributed by atoms with Crippen molar-refractivity contribution in [3.05, 3.63) is 27.9 Å². The van der Waals surface area contributed by atoms with Gasteiger partial charge >= 0.3 is 0 Å². The number of pyridine rings is 1. The quantitative estimate of drug-likeness (QED) is 0.586. The summed E-state index contributed by atoms with van der Waals surface area (Å²) in [6.45, 7) is 2.51. The summed E-state index contributed by atoms with van der Waals surface area (Å²) in [5, 5.41) is 20.6. The van der Waals surface area contributed by atoms with Crippen LogP contribution in [-0.4, -0.2) is 39.6 Å². The van der Waals surface area contributed by atoms with Gasteiger partial charge in [0.15, 0.2) is 0 Å². The highest BCUT2D eigenvalue weighted by atomic mass is 16.6. The lowest BCUT2D eigenvalue weighted by molar-refractivity contribution is -0.385. The van der Waals surface area contributed by atoms with Crippen LogP contribution in [0.3, 0.4) is 0 Å². The minimum Gasteiger partial charge on any atom is -0.386 e. The Balaban J connectivity index is 2.32. The monoisotopic (exact) mass is 266 g/mol. The number of β-amino-alcohol motifs (C(OH)–C–C–N with tert-alkyl or cyclic N) is 1. The lowest BCUT2D eigenvalue weighted by atomic mass is 9.91. The van der Waals surface area contributed by atoms with Gasteiger partial charge in [0.1, 0.15) is 12.0 Å². The van der Waals surface area contributed by atoms with Gasteiger partial charge in [-0.2, -0.15) is 0 Å². The number of hydrogen-bond donors (Lipinski definition) is 2. The molecule has 0 aromatic carbocycles. The van der Waals surface area contributed by atoms with E-state index in [0.29, 0.717) is 19.5 Å². The maximum atomic E-state index is 11.3. The lowest BCUT2D eigenvalue weighted by Crippen LogP contribution is -2.62. The van der Waals surface area contributed by atoms with Crippen LogP contribution in [0.1, 0.15) is 23.7 Å². The van der Waals surface area contributed by atoms with Gasteiger partial charge in [-0.3, -0.25) is 14.9 Å². The second kappa shape index (κ2) is 4.47. The van der Waals surface area contributed by atoms with E-state index in [0.717, 1.165) is 12.3 Å². The minimum atomic E-state index is -0.793. The number of aliphatic hydroxyl groups is 1. The van der Waals surface area contributed by atoms with Crippen molar-refractivity contribution < 1.29 is 14.8 Å². The average molecular weight is 266 g/mol. The number of carbonyl (C=O) groups is 1. The van der Waals surface area contributed by atoms with Gasteiger partial charge < -0.3 is 15.7 Å². The molecule has 0 bridgehead atoms. The number of rotatable bonds is 4. The molecule has 1 aromatic heterocycles. The summed E-state index contributed by atoms with van der Waals surface area (Å²) >= 11 is 0. The maximum absolute atomic E-state index is 11.3. The van der Waals surface area contributed by atoms with Crippen molar-refractivity contribution >= 4 is 17.4 Å². The first-order valence-electron chi connectivity index (χ1n) is 5.78. The van der Waals surface area contributed by atoms with Crippen molar-refractivity contribution in [1.82, 2.24) is 4.98 Å². The maximum Gasteiger partial charge on any atom is 0.288 e. The van der Waals surface area contributed by atoms with Crippen molar-refractivity contribution in [2.75, 3.05) is 18.0 Å². The van der Waals surface area contributed by atoms with Crippen LogP contribution in [0.25, 0.3) is 0 Å². The fraction of sp³-hybridized carbons (Fsp3) is 0.455. The smallest absolute Gasteiger partial charge is 0.288 e. The number of aromatic nitrogens is 1. The Labute approximate surface area is 109 Å². The zero-order valence-electron chi connectivity index (χ0n) is 10.4. The standard InChI is InChI=1S/C11H14N4O4/c1-2-11(17)5-14(6-11)10-8(9(12)16)3-7(4-13-10)15(18)19/h3-4,17H,2,5-6H2,1H3,(H2,12,16). The molecule has 1 aliphatic rings. The third-order valence-electron chi connectivity index (χ3n) is 3.26. The van der Waals surface area contributed by atoms with E-state index < -0.39 is 16.4 Å². The Bertz CT molecular complexity index is 539. The van der Waals surface area contributed by atoms with Crippen LogP contribution in [0, 0.1) is 10.1 Å². The van der Waals surface area contributed by atoms with Crippen LogP contribution in [-0.2, 0) is 0 Å². The van der Waals surface area contributed by atoms with Crippen molar-refractivity contribution in [2.24, 2.45) is 5.73 Å². The minimum absolute atomic E-state index is 0.00708. The number of amides is 1. The molecule has 0 unspecified atom stereocenters. The van der Waals surface area contributed by atoms with E-state index in [1.165, 1.54) is 0 Å². The van der Waals surface area contributed by atoms with Crippen LogP contribution >= 0.6 is 0 Å². The largest absolute Gasteiger partial charge is 0.386 e. The Morgan fingerprint density at radius 1 is 1.68 bits per heavy atom. The molecule has 0 saturated carbocycles. The molecule has 102 valence electrons. The third kappa shape index (κ3) is 2.34. The fourth-order valence-electron chi connectivity index (χ4n) is 2.02.